The number of rotatable bonds is 6. The second-order valence-corrected chi connectivity index (χ2v) is 7.74. The summed E-state index contributed by atoms with van der Waals surface area (Å²) in [5, 5.41) is 0. The molecule has 4 aromatic carbocycles. The van der Waals surface area contributed by atoms with Gasteiger partial charge >= 0.3 is 5.97 Å². The molecule has 0 unspecified atom stereocenters. The highest BCUT2D eigenvalue weighted by Crippen LogP contribution is 2.26. The normalized spacial score (nSPS) is 14.1. The van der Waals surface area contributed by atoms with Crippen LogP contribution in [0.15, 0.2) is 114 Å². The Kier molecular flexibility index (Phi) is 5.99. The summed E-state index contributed by atoms with van der Waals surface area (Å²) in [6.45, 7) is 0.199. The Hall–Kier alpha value is -4.51. The first-order valence-electron chi connectivity index (χ1n) is 10.8. The molecule has 1 heterocycles. The molecule has 0 aromatic heterocycles. The van der Waals surface area contributed by atoms with Crippen molar-refractivity contribution >= 4 is 17.9 Å². The molecule has 1 aliphatic rings. The van der Waals surface area contributed by atoms with Gasteiger partial charge in [0.1, 0.15) is 18.2 Å². The highest BCUT2D eigenvalue weighted by atomic mass is 19.1. The highest BCUT2D eigenvalue weighted by Gasteiger charge is 2.24. The third-order valence-corrected chi connectivity index (χ3v) is 5.35. The van der Waals surface area contributed by atoms with E-state index in [-0.39, 0.29) is 24.0 Å². The van der Waals surface area contributed by atoms with E-state index in [0.29, 0.717) is 22.4 Å². The third-order valence-electron chi connectivity index (χ3n) is 5.35. The average Bonchev–Trinajstić information content (AvgIpc) is 3.24. The maximum absolute atomic E-state index is 13.4. The Morgan fingerprint density at radius 3 is 2.29 bits per heavy atom. The summed E-state index contributed by atoms with van der Waals surface area (Å²) in [7, 11) is 0. The molecule has 0 radical (unpaired) electrons. The van der Waals surface area contributed by atoms with Gasteiger partial charge < -0.3 is 9.47 Å². The second kappa shape index (κ2) is 9.55. The Balaban J connectivity index is 1.36. The Bertz CT molecular complexity index is 1390. The minimum absolute atomic E-state index is 0.184. The van der Waals surface area contributed by atoms with E-state index in [1.165, 1.54) is 12.1 Å². The molecule has 0 N–H and O–H groups in total. The van der Waals surface area contributed by atoms with Gasteiger partial charge in [-0.2, -0.15) is 0 Å². The van der Waals surface area contributed by atoms with Gasteiger partial charge in [-0.25, -0.2) is 14.2 Å². The number of hydrogen-bond acceptors (Lipinski definition) is 4. The highest BCUT2D eigenvalue weighted by molar-refractivity contribution is 6.13. The Morgan fingerprint density at radius 2 is 1.50 bits per heavy atom. The van der Waals surface area contributed by atoms with E-state index in [1.54, 1.807) is 24.3 Å². The van der Waals surface area contributed by atoms with Crippen molar-refractivity contribution in [3.8, 4) is 16.9 Å². The number of aliphatic imine (C=N–C) groups is 1. The van der Waals surface area contributed by atoms with Gasteiger partial charge in [0.25, 0.3) is 0 Å². The fourth-order valence-corrected chi connectivity index (χ4v) is 3.63. The van der Waals surface area contributed by atoms with Crippen molar-refractivity contribution in [2.45, 2.75) is 6.61 Å². The summed E-state index contributed by atoms with van der Waals surface area (Å²) >= 11 is 0. The van der Waals surface area contributed by atoms with Crippen LogP contribution in [0.1, 0.15) is 16.7 Å². The minimum atomic E-state index is -0.526. The van der Waals surface area contributed by atoms with E-state index in [9.17, 15) is 9.18 Å². The molecule has 0 aliphatic carbocycles. The lowest BCUT2D eigenvalue weighted by Gasteiger charge is -2.09. The Morgan fingerprint density at radius 1 is 0.794 bits per heavy atom. The molecular formula is C29H20FNO3. The van der Waals surface area contributed by atoms with Crippen molar-refractivity contribution in [2.75, 3.05) is 0 Å². The van der Waals surface area contributed by atoms with Crippen LogP contribution < -0.4 is 4.74 Å². The number of carbonyl (C=O) groups excluding carboxylic acids is 1. The smallest absolute Gasteiger partial charge is 0.363 e. The summed E-state index contributed by atoms with van der Waals surface area (Å²) in [6.07, 6.45) is 1.63. The predicted octanol–water partition coefficient (Wildman–Crippen LogP) is 6.42. The van der Waals surface area contributed by atoms with Gasteiger partial charge in [0.2, 0.25) is 5.90 Å². The molecule has 0 fully saturated rings. The van der Waals surface area contributed by atoms with Gasteiger partial charge in [0.15, 0.2) is 5.70 Å². The summed E-state index contributed by atoms with van der Waals surface area (Å²) in [5.41, 5.74) is 4.46. The quantitative estimate of drug-likeness (QED) is 0.252. The standard InChI is InChI=1S/C29H20FNO3/c30-25-11-6-7-20(17-25)19-33-27-12-5-4-10-24(27)18-26-29(32)34-28(31-26)23-15-13-22(14-16-23)21-8-2-1-3-9-21/h1-18H,19H2/b26-18-. The van der Waals surface area contributed by atoms with E-state index in [0.717, 1.165) is 11.1 Å². The first-order valence-corrected chi connectivity index (χ1v) is 10.8. The van der Waals surface area contributed by atoms with E-state index >= 15 is 0 Å². The zero-order valence-corrected chi connectivity index (χ0v) is 18.1. The largest absolute Gasteiger partial charge is 0.488 e. The lowest BCUT2D eigenvalue weighted by atomic mass is 10.0. The van der Waals surface area contributed by atoms with Gasteiger partial charge in [-0.15, -0.1) is 0 Å². The van der Waals surface area contributed by atoms with Crippen LogP contribution in [0.3, 0.4) is 0 Å². The first-order chi connectivity index (χ1) is 16.7. The van der Waals surface area contributed by atoms with E-state index in [2.05, 4.69) is 4.99 Å². The monoisotopic (exact) mass is 449 g/mol. The molecule has 4 nitrogen and oxygen atoms in total. The zero-order valence-electron chi connectivity index (χ0n) is 18.1. The lowest BCUT2D eigenvalue weighted by molar-refractivity contribution is -0.129. The fraction of sp³-hybridized carbons (Fsp3) is 0.0345. The number of ether oxygens (including phenoxy) is 2. The molecular weight excluding hydrogens is 429 g/mol. The molecule has 0 saturated carbocycles. The Labute approximate surface area is 196 Å². The number of benzene rings is 4. The number of nitrogens with zero attached hydrogens (tertiary/aromatic N) is 1. The summed E-state index contributed by atoms with van der Waals surface area (Å²) in [5.74, 6) is -0.0251. The molecule has 0 amide bonds. The topological polar surface area (TPSA) is 47.9 Å². The van der Waals surface area contributed by atoms with Crippen LogP contribution in [0.25, 0.3) is 17.2 Å². The molecule has 1 aliphatic heterocycles. The number of esters is 1. The lowest BCUT2D eigenvalue weighted by Crippen LogP contribution is -2.05. The van der Waals surface area contributed by atoms with Gasteiger partial charge in [-0.3, -0.25) is 0 Å². The van der Waals surface area contributed by atoms with Crippen molar-refractivity contribution in [3.05, 3.63) is 131 Å². The molecule has 34 heavy (non-hydrogen) atoms. The van der Waals surface area contributed by atoms with E-state index in [4.69, 9.17) is 9.47 Å². The third kappa shape index (κ3) is 4.79. The fourth-order valence-electron chi connectivity index (χ4n) is 3.63. The molecule has 0 atom stereocenters. The van der Waals surface area contributed by atoms with Crippen LogP contribution in [0.2, 0.25) is 0 Å². The van der Waals surface area contributed by atoms with Crippen LogP contribution in [0.5, 0.6) is 5.75 Å². The second-order valence-electron chi connectivity index (χ2n) is 7.74. The minimum Gasteiger partial charge on any atom is -0.488 e. The number of carbonyl (C=O) groups is 1. The van der Waals surface area contributed by atoms with E-state index in [1.807, 2.05) is 72.8 Å². The molecule has 4 aromatic rings. The molecule has 5 rings (SSSR count). The zero-order chi connectivity index (χ0) is 23.3. The van der Waals surface area contributed by atoms with E-state index < -0.39 is 5.97 Å². The van der Waals surface area contributed by atoms with Crippen molar-refractivity contribution in [1.29, 1.82) is 0 Å². The number of para-hydroxylation sites is 1. The maximum atomic E-state index is 13.4. The van der Waals surface area contributed by atoms with Crippen molar-refractivity contribution in [3.63, 3.8) is 0 Å². The van der Waals surface area contributed by atoms with Crippen molar-refractivity contribution in [1.82, 2.24) is 0 Å². The van der Waals surface area contributed by atoms with Crippen LogP contribution >= 0.6 is 0 Å². The van der Waals surface area contributed by atoms with Crippen molar-refractivity contribution < 1.29 is 18.7 Å². The first kappa shape index (κ1) is 21.3. The van der Waals surface area contributed by atoms with Gasteiger partial charge in [-0.1, -0.05) is 72.8 Å². The number of hydrogen-bond donors (Lipinski definition) is 0. The van der Waals surface area contributed by atoms with Crippen LogP contribution in [-0.4, -0.2) is 11.9 Å². The van der Waals surface area contributed by atoms with Crippen LogP contribution in [-0.2, 0) is 16.1 Å². The van der Waals surface area contributed by atoms with Crippen LogP contribution in [0, 0.1) is 5.82 Å². The van der Waals surface area contributed by atoms with Gasteiger partial charge in [-0.05, 0) is 53.1 Å². The SMILES string of the molecule is O=C1OC(c2ccc(-c3ccccc3)cc2)=N/C1=C\c1ccccc1OCc1cccc(F)c1. The van der Waals surface area contributed by atoms with Gasteiger partial charge in [0, 0.05) is 11.1 Å². The molecule has 0 spiro atoms. The predicted molar refractivity (Wildman–Crippen MR) is 130 cm³/mol. The number of cyclic esters (lactones) is 1. The van der Waals surface area contributed by atoms with Gasteiger partial charge in [0.05, 0.1) is 0 Å². The molecule has 0 saturated heterocycles. The summed E-state index contributed by atoms with van der Waals surface area (Å²) in [6, 6.07) is 31.3. The molecule has 166 valence electrons. The summed E-state index contributed by atoms with van der Waals surface area (Å²) in [4.78, 5) is 16.9. The van der Waals surface area contributed by atoms with Crippen molar-refractivity contribution in [2.24, 2.45) is 4.99 Å². The maximum Gasteiger partial charge on any atom is 0.363 e. The molecule has 5 heteroatoms. The number of halogens is 1. The molecule has 0 bridgehead atoms. The summed E-state index contributed by atoms with van der Waals surface area (Å²) < 4.78 is 24.7. The van der Waals surface area contributed by atoms with Crippen LogP contribution in [0.4, 0.5) is 4.39 Å². The average molecular weight is 449 g/mol.